The summed E-state index contributed by atoms with van der Waals surface area (Å²) in [5, 5.41) is 6.14. The summed E-state index contributed by atoms with van der Waals surface area (Å²) in [5.41, 5.74) is 9.12. The average Bonchev–Trinajstić information content (AvgIpc) is 2.69. The lowest BCUT2D eigenvalue weighted by molar-refractivity contribution is -0.130. The number of carbonyl (C=O) groups excluding carboxylic acids is 1. The molecular formula is C20H23N3O3. The van der Waals surface area contributed by atoms with Crippen molar-refractivity contribution in [3.8, 4) is 11.5 Å². The summed E-state index contributed by atoms with van der Waals surface area (Å²) < 4.78 is 10.6. The molecule has 0 saturated carbocycles. The normalized spacial score (nSPS) is 13.9. The summed E-state index contributed by atoms with van der Waals surface area (Å²) in [5.74, 6) is 1.30. The fourth-order valence-electron chi connectivity index (χ4n) is 2.94. The minimum Gasteiger partial charge on any atom is -0.493 e. The quantitative estimate of drug-likeness (QED) is 0.839. The molecule has 26 heavy (non-hydrogen) atoms. The van der Waals surface area contributed by atoms with Crippen LogP contribution in [0.5, 0.6) is 11.5 Å². The van der Waals surface area contributed by atoms with Crippen LogP contribution in [-0.2, 0) is 11.2 Å². The van der Waals surface area contributed by atoms with Crippen LogP contribution in [0.4, 0.5) is 5.69 Å². The number of benzene rings is 2. The van der Waals surface area contributed by atoms with Crippen molar-refractivity contribution in [1.82, 2.24) is 5.01 Å². The molecule has 0 fully saturated rings. The first-order chi connectivity index (χ1) is 12.6. The molecular weight excluding hydrogens is 330 g/mol. The Balaban J connectivity index is 1.78. The Kier molecular flexibility index (Phi) is 5.41. The highest BCUT2D eigenvalue weighted by molar-refractivity contribution is 6.02. The van der Waals surface area contributed by atoms with Crippen molar-refractivity contribution in [2.45, 2.75) is 19.3 Å². The number of nitrogens with zero attached hydrogens (tertiary/aromatic N) is 2. The van der Waals surface area contributed by atoms with Crippen LogP contribution in [-0.4, -0.2) is 37.4 Å². The fourth-order valence-corrected chi connectivity index (χ4v) is 2.94. The molecule has 0 atom stereocenters. The van der Waals surface area contributed by atoms with Crippen LogP contribution in [0.15, 0.2) is 47.6 Å². The first-order valence-electron chi connectivity index (χ1n) is 8.55. The van der Waals surface area contributed by atoms with Gasteiger partial charge >= 0.3 is 0 Å². The molecule has 0 saturated heterocycles. The standard InChI is InChI=1S/C20H23N3O3/c1-25-18-10-7-15(13-19(18)26-2)17-4-3-11-23(22-17)20(24)12-14-5-8-16(21)9-6-14/h5-10,13H,3-4,11-12,21H2,1-2H3. The third kappa shape index (κ3) is 3.96. The second-order valence-electron chi connectivity index (χ2n) is 6.16. The van der Waals surface area contributed by atoms with Crippen LogP contribution < -0.4 is 15.2 Å². The second kappa shape index (κ2) is 7.91. The number of anilines is 1. The molecule has 0 aromatic heterocycles. The number of ether oxygens (including phenoxy) is 2. The summed E-state index contributed by atoms with van der Waals surface area (Å²) in [6, 6.07) is 13.0. The maximum absolute atomic E-state index is 12.6. The van der Waals surface area contributed by atoms with Crippen molar-refractivity contribution in [3.63, 3.8) is 0 Å². The van der Waals surface area contributed by atoms with E-state index in [1.165, 1.54) is 0 Å². The molecule has 1 heterocycles. The van der Waals surface area contributed by atoms with E-state index in [0.717, 1.165) is 29.7 Å². The van der Waals surface area contributed by atoms with Gasteiger partial charge in [0.1, 0.15) is 0 Å². The molecule has 6 heteroatoms. The predicted octanol–water partition coefficient (Wildman–Crippen LogP) is 2.86. The van der Waals surface area contributed by atoms with Gasteiger partial charge in [-0.15, -0.1) is 0 Å². The molecule has 2 aromatic rings. The average molecular weight is 353 g/mol. The van der Waals surface area contributed by atoms with E-state index >= 15 is 0 Å². The molecule has 1 aliphatic heterocycles. The fraction of sp³-hybridized carbons (Fsp3) is 0.300. The SMILES string of the molecule is COc1ccc(C2=NN(C(=O)Cc3ccc(N)cc3)CCC2)cc1OC. The van der Waals surface area contributed by atoms with E-state index in [4.69, 9.17) is 15.2 Å². The summed E-state index contributed by atoms with van der Waals surface area (Å²) in [7, 11) is 3.21. The van der Waals surface area contributed by atoms with E-state index in [1.54, 1.807) is 31.4 Å². The van der Waals surface area contributed by atoms with Crippen LogP contribution >= 0.6 is 0 Å². The monoisotopic (exact) mass is 353 g/mol. The van der Waals surface area contributed by atoms with Gasteiger partial charge in [-0.1, -0.05) is 12.1 Å². The second-order valence-corrected chi connectivity index (χ2v) is 6.16. The van der Waals surface area contributed by atoms with Gasteiger partial charge in [-0.2, -0.15) is 5.10 Å². The number of rotatable bonds is 5. The van der Waals surface area contributed by atoms with Gasteiger partial charge in [0.25, 0.3) is 0 Å². The number of methoxy groups -OCH3 is 2. The number of amides is 1. The third-order valence-corrected chi connectivity index (χ3v) is 4.36. The molecule has 0 unspecified atom stereocenters. The molecule has 136 valence electrons. The number of nitrogen functional groups attached to an aromatic ring is 1. The number of hydrogen-bond donors (Lipinski definition) is 1. The number of carbonyl (C=O) groups is 1. The molecule has 0 aliphatic carbocycles. The molecule has 1 amide bonds. The van der Waals surface area contributed by atoms with Gasteiger partial charge in [-0.05, 0) is 48.7 Å². The van der Waals surface area contributed by atoms with Gasteiger partial charge in [0.2, 0.25) is 5.91 Å². The van der Waals surface area contributed by atoms with E-state index in [2.05, 4.69) is 5.10 Å². The lowest BCUT2D eigenvalue weighted by Gasteiger charge is -2.24. The van der Waals surface area contributed by atoms with Crippen LogP contribution in [0.25, 0.3) is 0 Å². The van der Waals surface area contributed by atoms with Crippen molar-refractivity contribution in [1.29, 1.82) is 0 Å². The zero-order valence-corrected chi connectivity index (χ0v) is 15.1. The summed E-state index contributed by atoms with van der Waals surface area (Å²) in [6.45, 7) is 0.630. The van der Waals surface area contributed by atoms with Crippen molar-refractivity contribution in [2.24, 2.45) is 5.10 Å². The van der Waals surface area contributed by atoms with Crippen LogP contribution in [0.2, 0.25) is 0 Å². The minimum atomic E-state index is -0.0209. The van der Waals surface area contributed by atoms with E-state index in [-0.39, 0.29) is 5.91 Å². The molecule has 2 N–H and O–H groups in total. The molecule has 1 aliphatic rings. The first-order valence-corrected chi connectivity index (χ1v) is 8.55. The molecule has 6 nitrogen and oxygen atoms in total. The van der Waals surface area contributed by atoms with E-state index in [9.17, 15) is 4.79 Å². The summed E-state index contributed by atoms with van der Waals surface area (Å²) in [4.78, 5) is 12.6. The Morgan fingerprint density at radius 2 is 1.85 bits per heavy atom. The highest BCUT2D eigenvalue weighted by atomic mass is 16.5. The van der Waals surface area contributed by atoms with Crippen LogP contribution in [0.3, 0.4) is 0 Å². The zero-order chi connectivity index (χ0) is 18.5. The lowest BCUT2D eigenvalue weighted by Crippen LogP contribution is -2.33. The Hall–Kier alpha value is -3.02. The predicted molar refractivity (Wildman–Crippen MR) is 102 cm³/mol. The molecule has 3 rings (SSSR count). The molecule has 0 bridgehead atoms. The van der Waals surface area contributed by atoms with E-state index in [1.807, 2.05) is 30.3 Å². The number of hydrazone groups is 1. The number of nitrogens with two attached hydrogens (primary N) is 1. The number of hydrogen-bond acceptors (Lipinski definition) is 5. The lowest BCUT2D eigenvalue weighted by atomic mass is 10.0. The summed E-state index contributed by atoms with van der Waals surface area (Å²) >= 11 is 0. The van der Waals surface area contributed by atoms with Crippen molar-refractivity contribution in [3.05, 3.63) is 53.6 Å². The maximum Gasteiger partial charge on any atom is 0.247 e. The van der Waals surface area contributed by atoms with E-state index < -0.39 is 0 Å². The Labute approximate surface area is 153 Å². The van der Waals surface area contributed by atoms with E-state index in [0.29, 0.717) is 30.2 Å². The Morgan fingerprint density at radius 3 is 2.54 bits per heavy atom. The topological polar surface area (TPSA) is 77.2 Å². The third-order valence-electron chi connectivity index (χ3n) is 4.36. The smallest absolute Gasteiger partial charge is 0.247 e. The van der Waals surface area contributed by atoms with Crippen molar-refractivity contribution < 1.29 is 14.3 Å². The van der Waals surface area contributed by atoms with Crippen LogP contribution in [0, 0.1) is 0 Å². The van der Waals surface area contributed by atoms with Crippen molar-refractivity contribution >= 4 is 17.3 Å². The Morgan fingerprint density at radius 1 is 1.12 bits per heavy atom. The maximum atomic E-state index is 12.6. The van der Waals surface area contributed by atoms with Gasteiger partial charge in [-0.25, -0.2) is 5.01 Å². The van der Waals surface area contributed by atoms with Gasteiger partial charge in [0.15, 0.2) is 11.5 Å². The first kappa shape index (κ1) is 17.8. The molecule has 0 radical (unpaired) electrons. The molecule has 2 aromatic carbocycles. The largest absolute Gasteiger partial charge is 0.493 e. The van der Waals surface area contributed by atoms with Crippen LogP contribution in [0.1, 0.15) is 24.0 Å². The van der Waals surface area contributed by atoms with Crippen molar-refractivity contribution in [2.75, 3.05) is 26.5 Å². The van der Waals surface area contributed by atoms with Gasteiger partial charge in [0.05, 0.1) is 26.4 Å². The van der Waals surface area contributed by atoms with Gasteiger partial charge < -0.3 is 15.2 Å². The zero-order valence-electron chi connectivity index (χ0n) is 15.1. The minimum absolute atomic E-state index is 0.0209. The highest BCUT2D eigenvalue weighted by Gasteiger charge is 2.20. The Bertz CT molecular complexity index is 816. The van der Waals surface area contributed by atoms with Gasteiger partial charge in [0, 0.05) is 17.8 Å². The summed E-state index contributed by atoms with van der Waals surface area (Å²) in [6.07, 6.45) is 2.00. The molecule has 0 spiro atoms. The van der Waals surface area contributed by atoms with Gasteiger partial charge in [-0.3, -0.25) is 4.79 Å². The highest BCUT2D eigenvalue weighted by Crippen LogP contribution is 2.29.